The highest BCUT2D eigenvalue weighted by Crippen LogP contribution is 2.28. The molecule has 1 amide bonds. The van der Waals surface area contributed by atoms with Crippen LogP contribution in [-0.4, -0.2) is 23.9 Å². The molecule has 2 heteroatoms. The molecule has 1 aromatic rings. The van der Waals surface area contributed by atoms with Gasteiger partial charge >= 0.3 is 0 Å². The standard InChI is InChI=1S/C18H27NO/c1-4-17(16-8-6-5-7-9-16)18(20)19-12-10-15(11-13-19)14(2)3/h5-9,14-15,17H,4,10-13H2,1-3H3. The Hall–Kier alpha value is -1.31. The van der Waals surface area contributed by atoms with E-state index in [4.69, 9.17) is 0 Å². The van der Waals surface area contributed by atoms with Crippen molar-refractivity contribution in [2.24, 2.45) is 11.8 Å². The van der Waals surface area contributed by atoms with Crippen molar-refractivity contribution in [1.82, 2.24) is 4.90 Å². The summed E-state index contributed by atoms with van der Waals surface area (Å²) >= 11 is 0. The van der Waals surface area contributed by atoms with Crippen molar-refractivity contribution in [3.05, 3.63) is 35.9 Å². The lowest BCUT2D eigenvalue weighted by Crippen LogP contribution is -2.41. The first-order chi connectivity index (χ1) is 9.63. The second-order valence-electron chi connectivity index (χ2n) is 6.28. The number of piperidine rings is 1. The first-order valence-electron chi connectivity index (χ1n) is 7.97. The molecular weight excluding hydrogens is 246 g/mol. The van der Waals surface area contributed by atoms with Gasteiger partial charge in [0.25, 0.3) is 0 Å². The Kier molecular flexibility index (Phi) is 5.22. The highest BCUT2D eigenvalue weighted by Gasteiger charge is 2.28. The summed E-state index contributed by atoms with van der Waals surface area (Å²) in [6.07, 6.45) is 3.20. The summed E-state index contributed by atoms with van der Waals surface area (Å²) in [5.41, 5.74) is 1.16. The molecule has 1 aliphatic rings. The molecule has 110 valence electrons. The minimum Gasteiger partial charge on any atom is -0.342 e. The van der Waals surface area contributed by atoms with Crippen molar-refractivity contribution in [3.63, 3.8) is 0 Å². The Balaban J connectivity index is 2.00. The number of carbonyl (C=O) groups excluding carboxylic acids is 1. The van der Waals surface area contributed by atoms with Gasteiger partial charge in [-0.2, -0.15) is 0 Å². The molecule has 1 saturated heterocycles. The molecule has 20 heavy (non-hydrogen) atoms. The van der Waals surface area contributed by atoms with Gasteiger partial charge < -0.3 is 4.90 Å². The predicted molar refractivity (Wildman–Crippen MR) is 83.6 cm³/mol. The van der Waals surface area contributed by atoms with Crippen LogP contribution in [0.2, 0.25) is 0 Å². The second kappa shape index (κ2) is 6.92. The van der Waals surface area contributed by atoms with E-state index in [2.05, 4.69) is 37.8 Å². The molecule has 1 unspecified atom stereocenters. The second-order valence-corrected chi connectivity index (χ2v) is 6.28. The van der Waals surface area contributed by atoms with E-state index in [-0.39, 0.29) is 5.92 Å². The van der Waals surface area contributed by atoms with Gasteiger partial charge in [0.05, 0.1) is 5.92 Å². The fraction of sp³-hybridized carbons (Fsp3) is 0.611. The lowest BCUT2D eigenvalue weighted by molar-refractivity contribution is -0.134. The van der Waals surface area contributed by atoms with E-state index in [9.17, 15) is 4.79 Å². The summed E-state index contributed by atoms with van der Waals surface area (Å²) in [6, 6.07) is 10.2. The monoisotopic (exact) mass is 273 g/mol. The van der Waals surface area contributed by atoms with Crippen molar-refractivity contribution in [3.8, 4) is 0 Å². The van der Waals surface area contributed by atoms with E-state index in [0.717, 1.165) is 49.8 Å². The van der Waals surface area contributed by atoms with E-state index < -0.39 is 0 Å². The topological polar surface area (TPSA) is 20.3 Å². The van der Waals surface area contributed by atoms with Gasteiger partial charge in [-0.25, -0.2) is 0 Å². The number of carbonyl (C=O) groups is 1. The first kappa shape index (κ1) is 15.1. The van der Waals surface area contributed by atoms with E-state index >= 15 is 0 Å². The molecule has 1 atom stereocenters. The molecule has 0 aliphatic carbocycles. The van der Waals surface area contributed by atoms with Gasteiger partial charge in [0.2, 0.25) is 5.91 Å². The van der Waals surface area contributed by atoms with E-state index in [1.165, 1.54) is 0 Å². The zero-order chi connectivity index (χ0) is 14.5. The molecule has 0 radical (unpaired) electrons. The molecule has 2 rings (SSSR count). The van der Waals surface area contributed by atoms with Crippen molar-refractivity contribution >= 4 is 5.91 Å². The average Bonchev–Trinajstić information content (AvgIpc) is 2.49. The Labute approximate surface area is 123 Å². The van der Waals surface area contributed by atoms with Crippen LogP contribution in [0.1, 0.15) is 51.5 Å². The predicted octanol–water partition coefficient (Wildman–Crippen LogP) is 4.07. The molecular formula is C18H27NO. The van der Waals surface area contributed by atoms with Crippen molar-refractivity contribution < 1.29 is 4.79 Å². The van der Waals surface area contributed by atoms with Crippen LogP contribution in [0.4, 0.5) is 0 Å². The van der Waals surface area contributed by atoms with Gasteiger partial charge in [-0.05, 0) is 36.7 Å². The largest absolute Gasteiger partial charge is 0.342 e. The number of benzene rings is 1. The van der Waals surface area contributed by atoms with E-state index in [1.807, 2.05) is 18.2 Å². The Morgan fingerprint density at radius 2 is 1.80 bits per heavy atom. The quantitative estimate of drug-likeness (QED) is 0.809. The molecule has 2 nitrogen and oxygen atoms in total. The highest BCUT2D eigenvalue weighted by atomic mass is 16.2. The zero-order valence-electron chi connectivity index (χ0n) is 13.0. The van der Waals surface area contributed by atoms with Crippen molar-refractivity contribution in [2.75, 3.05) is 13.1 Å². The van der Waals surface area contributed by atoms with Crippen molar-refractivity contribution in [2.45, 2.75) is 46.0 Å². The average molecular weight is 273 g/mol. The Morgan fingerprint density at radius 3 is 2.30 bits per heavy atom. The normalized spacial score (nSPS) is 18.3. The van der Waals surface area contributed by atoms with Gasteiger partial charge in [-0.1, -0.05) is 51.1 Å². The highest BCUT2D eigenvalue weighted by molar-refractivity contribution is 5.83. The Bertz CT molecular complexity index is 418. The summed E-state index contributed by atoms with van der Waals surface area (Å²) in [5.74, 6) is 1.88. The minimum atomic E-state index is 0.0341. The molecule has 1 aromatic carbocycles. The number of hydrogen-bond donors (Lipinski definition) is 0. The number of nitrogens with zero attached hydrogens (tertiary/aromatic N) is 1. The molecule has 0 bridgehead atoms. The van der Waals surface area contributed by atoms with Crippen LogP contribution < -0.4 is 0 Å². The van der Waals surface area contributed by atoms with Gasteiger partial charge in [-0.3, -0.25) is 4.79 Å². The van der Waals surface area contributed by atoms with Crippen LogP contribution >= 0.6 is 0 Å². The van der Waals surface area contributed by atoms with Gasteiger partial charge in [0.1, 0.15) is 0 Å². The smallest absolute Gasteiger partial charge is 0.230 e. The third kappa shape index (κ3) is 3.41. The molecule has 0 aromatic heterocycles. The van der Waals surface area contributed by atoms with Crippen LogP contribution in [0, 0.1) is 11.8 Å². The van der Waals surface area contributed by atoms with Gasteiger partial charge in [0, 0.05) is 13.1 Å². The fourth-order valence-corrected chi connectivity index (χ4v) is 3.25. The van der Waals surface area contributed by atoms with Crippen LogP contribution in [0.25, 0.3) is 0 Å². The summed E-state index contributed by atoms with van der Waals surface area (Å²) < 4.78 is 0. The summed E-state index contributed by atoms with van der Waals surface area (Å²) in [5, 5.41) is 0. The van der Waals surface area contributed by atoms with E-state index in [0.29, 0.717) is 5.91 Å². The fourth-order valence-electron chi connectivity index (χ4n) is 3.25. The third-order valence-corrected chi connectivity index (χ3v) is 4.70. The van der Waals surface area contributed by atoms with E-state index in [1.54, 1.807) is 0 Å². The van der Waals surface area contributed by atoms with Crippen LogP contribution in [-0.2, 0) is 4.79 Å². The summed E-state index contributed by atoms with van der Waals surface area (Å²) in [4.78, 5) is 14.8. The Morgan fingerprint density at radius 1 is 1.20 bits per heavy atom. The molecule has 1 fully saturated rings. The van der Waals surface area contributed by atoms with Crippen LogP contribution in [0.3, 0.4) is 0 Å². The number of likely N-dealkylation sites (tertiary alicyclic amines) is 1. The van der Waals surface area contributed by atoms with Crippen LogP contribution in [0.15, 0.2) is 30.3 Å². The molecule has 1 aliphatic heterocycles. The van der Waals surface area contributed by atoms with Gasteiger partial charge in [-0.15, -0.1) is 0 Å². The first-order valence-corrected chi connectivity index (χ1v) is 7.97. The van der Waals surface area contributed by atoms with Crippen molar-refractivity contribution in [1.29, 1.82) is 0 Å². The third-order valence-electron chi connectivity index (χ3n) is 4.70. The maximum absolute atomic E-state index is 12.7. The lowest BCUT2D eigenvalue weighted by atomic mass is 9.86. The van der Waals surface area contributed by atoms with Gasteiger partial charge in [0.15, 0.2) is 0 Å². The molecule has 0 N–H and O–H groups in total. The zero-order valence-corrected chi connectivity index (χ0v) is 13.0. The minimum absolute atomic E-state index is 0.0341. The summed E-state index contributed by atoms with van der Waals surface area (Å²) in [6.45, 7) is 8.56. The number of amides is 1. The molecule has 0 spiro atoms. The van der Waals surface area contributed by atoms with Crippen LogP contribution in [0.5, 0.6) is 0 Å². The maximum atomic E-state index is 12.7. The maximum Gasteiger partial charge on any atom is 0.230 e. The molecule has 1 heterocycles. The number of hydrogen-bond acceptors (Lipinski definition) is 1. The lowest BCUT2D eigenvalue weighted by Gasteiger charge is -2.35. The summed E-state index contributed by atoms with van der Waals surface area (Å²) in [7, 11) is 0. The SMILES string of the molecule is CCC(C(=O)N1CCC(C(C)C)CC1)c1ccccc1. The molecule has 0 saturated carbocycles. The number of rotatable bonds is 4.